The molecule has 0 saturated carbocycles. The number of benzene rings is 4. The number of anilines is 3. The smallest absolute Gasteiger partial charge is 0.416 e. The highest BCUT2D eigenvalue weighted by molar-refractivity contribution is 6.01. The fourth-order valence-corrected chi connectivity index (χ4v) is 5.66. The number of aliphatic hydroxyl groups excluding tert-OH is 1. The number of hydrogen-bond acceptors (Lipinski definition) is 5. The van der Waals surface area contributed by atoms with Gasteiger partial charge in [-0.3, -0.25) is 4.79 Å². The molecular formula is C36H38F3N5O5. The number of aliphatic hydroxyl groups is 1. The minimum absolute atomic E-state index is 0.0907. The van der Waals surface area contributed by atoms with Crippen molar-refractivity contribution in [3.8, 4) is 5.75 Å². The fourth-order valence-electron chi connectivity index (χ4n) is 5.66. The molecule has 1 aliphatic rings. The van der Waals surface area contributed by atoms with E-state index in [2.05, 4.69) is 16.0 Å². The third kappa shape index (κ3) is 8.60. The topological polar surface area (TPSA) is 123 Å². The van der Waals surface area contributed by atoms with Crippen LogP contribution in [0.5, 0.6) is 5.75 Å². The van der Waals surface area contributed by atoms with Crippen LogP contribution in [-0.4, -0.2) is 71.8 Å². The molecule has 0 radical (unpaired) electrons. The lowest BCUT2D eigenvalue weighted by atomic mass is 10.0. The molecule has 0 saturated heterocycles. The van der Waals surface area contributed by atoms with Crippen LogP contribution in [0, 0.1) is 5.92 Å². The van der Waals surface area contributed by atoms with Crippen molar-refractivity contribution in [1.82, 2.24) is 9.80 Å². The van der Waals surface area contributed by atoms with Crippen LogP contribution < -0.4 is 20.7 Å². The van der Waals surface area contributed by atoms with Gasteiger partial charge in [-0.2, -0.15) is 13.2 Å². The summed E-state index contributed by atoms with van der Waals surface area (Å²) in [5.41, 5.74) is 0.770. The van der Waals surface area contributed by atoms with E-state index in [1.54, 1.807) is 37.1 Å². The monoisotopic (exact) mass is 677 g/mol. The highest BCUT2D eigenvalue weighted by atomic mass is 19.4. The lowest BCUT2D eigenvalue weighted by molar-refractivity contribution is -0.137. The Morgan fingerprint density at radius 3 is 2.37 bits per heavy atom. The number of fused-ring (bicyclic) bond motifs is 2. The van der Waals surface area contributed by atoms with Gasteiger partial charge in [0.15, 0.2) is 0 Å². The molecule has 0 aromatic heterocycles. The maximum Gasteiger partial charge on any atom is 0.416 e. The van der Waals surface area contributed by atoms with E-state index in [4.69, 9.17) is 4.74 Å². The Kier molecular flexibility index (Phi) is 10.6. The van der Waals surface area contributed by atoms with E-state index in [0.29, 0.717) is 22.7 Å². The first-order valence-corrected chi connectivity index (χ1v) is 15.8. The van der Waals surface area contributed by atoms with Crippen molar-refractivity contribution in [2.45, 2.75) is 38.6 Å². The van der Waals surface area contributed by atoms with E-state index in [1.807, 2.05) is 49.4 Å². The zero-order valence-corrected chi connectivity index (χ0v) is 27.3. The van der Waals surface area contributed by atoms with Gasteiger partial charge in [0.1, 0.15) is 11.9 Å². The van der Waals surface area contributed by atoms with Crippen LogP contribution in [0.1, 0.15) is 25.0 Å². The van der Waals surface area contributed by atoms with E-state index in [0.717, 1.165) is 35.0 Å². The number of carbonyl (C=O) groups excluding carboxylic acids is 3. The van der Waals surface area contributed by atoms with Crippen LogP contribution in [0.4, 0.5) is 39.8 Å². The van der Waals surface area contributed by atoms with Crippen LogP contribution in [0.2, 0.25) is 0 Å². The number of nitrogens with zero attached hydrogens (tertiary/aromatic N) is 2. The van der Waals surface area contributed by atoms with Gasteiger partial charge in [-0.1, -0.05) is 43.3 Å². The third-order valence-electron chi connectivity index (χ3n) is 8.48. The largest absolute Gasteiger partial charge is 0.488 e. The molecule has 4 N–H and O–H groups in total. The van der Waals surface area contributed by atoms with E-state index >= 15 is 0 Å². The molecule has 13 heteroatoms. The van der Waals surface area contributed by atoms with Gasteiger partial charge in [0.2, 0.25) is 5.91 Å². The summed E-state index contributed by atoms with van der Waals surface area (Å²) in [6, 6.07) is 20.7. The molecule has 5 amide bonds. The summed E-state index contributed by atoms with van der Waals surface area (Å²) in [7, 11) is 1.66. The first-order valence-electron chi connectivity index (χ1n) is 15.8. The van der Waals surface area contributed by atoms with Crippen LogP contribution >= 0.6 is 0 Å². The summed E-state index contributed by atoms with van der Waals surface area (Å²) < 4.78 is 45.2. The van der Waals surface area contributed by atoms with Crippen LogP contribution in [0.25, 0.3) is 10.8 Å². The summed E-state index contributed by atoms with van der Waals surface area (Å²) in [5.74, 6) is -0.128. The van der Waals surface area contributed by atoms with Crippen molar-refractivity contribution in [1.29, 1.82) is 0 Å². The number of carbonyl (C=O) groups is 3. The van der Waals surface area contributed by atoms with E-state index in [-0.39, 0.29) is 49.7 Å². The SMILES string of the molecule is C[C@H]1CN([C@@H](C)CO)C(=O)Cc2cc(NC(=O)Nc3ccc(C(F)(F)F)cc3)ccc2O[C@@H]1CN(C)C(=O)Nc1cccc2ccccc12. The van der Waals surface area contributed by atoms with Gasteiger partial charge < -0.3 is 35.6 Å². The number of amides is 5. The van der Waals surface area contributed by atoms with Crippen molar-refractivity contribution >= 4 is 45.8 Å². The van der Waals surface area contributed by atoms with Crippen LogP contribution in [0.15, 0.2) is 84.9 Å². The Morgan fingerprint density at radius 2 is 1.65 bits per heavy atom. The Labute approximate surface area is 281 Å². The molecule has 0 bridgehead atoms. The number of urea groups is 2. The maximum atomic E-state index is 13.6. The van der Waals surface area contributed by atoms with Gasteiger partial charge in [-0.25, -0.2) is 9.59 Å². The summed E-state index contributed by atoms with van der Waals surface area (Å²) in [5, 5.41) is 20.0. The number of alkyl halides is 3. The number of ether oxygens (including phenoxy) is 1. The second-order valence-electron chi connectivity index (χ2n) is 12.2. The summed E-state index contributed by atoms with van der Waals surface area (Å²) >= 11 is 0. The van der Waals surface area contributed by atoms with Gasteiger partial charge in [-0.05, 0) is 60.8 Å². The van der Waals surface area contributed by atoms with Crippen LogP contribution in [-0.2, 0) is 17.4 Å². The molecule has 0 fully saturated rings. The average molecular weight is 678 g/mol. The second-order valence-corrected chi connectivity index (χ2v) is 12.2. The number of halogens is 3. The predicted octanol–water partition coefficient (Wildman–Crippen LogP) is 6.82. The Bertz CT molecular complexity index is 1810. The van der Waals surface area contributed by atoms with Crippen LogP contribution in [0.3, 0.4) is 0 Å². The minimum atomic E-state index is -4.50. The van der Waals surface area contributed by atoms with Crippen molar-refractivity contribution in [2.75, 3.05) is 42.7 Å². The molecule has 0 spiro atoms. The molecule has 258 valence electrons. The molecule has 10 nitrogen and oxygen atoms in total. The highest BCUT2D eigenvalue weighted by Crippen LogP contribution is 2.31. The zero-order chi connectivity index (χ0) is 35.3. The molecule has 1 aliphatic heterocycles. The molecule has 1 heterocycles. The lowest BCUT2D eigenvalue weighted by Crippen LogP contribution is -2.48. The van der Waals surface area contributed by atoms with Gasteiger partial charge >= 0.3 is 18.2 Å². The zero-order valence-electron chi connectivity index (χ0n) is 27.3. The molecule has 5 rings (SSSR count). The predicted molar refractivity (Wildman–Crippen MR) is 182 cm³/mol. The molecule has 3 atom stereocenters. The number of hydrogen-bond donors (Lipinski definition) is 4. The average Bonchev–Trinajstić information content (AvgIpc) is 3.11. The lowest BCUT2D eigenvalue weighted by Gasteiger charge is -2.34. The molecule has 4 aromatic rings. The Hall–Kier alpha value is -5.30. The highest BCUT2D eigenvalue weighted by Gasteiger charge is 2.32. The van der Waals surface area contributed by atoms with Crippen molar-refractivity contribution < 1.29 is 37.4 Å². The normalized spacial score (nSPS) is 17.1. The standard InChI is InChI=1S/C36H38F3N5O5/c1-22-19-44(23(2)21-45)33(46)18-25-17-28(41-34(47)40-27-13-11-26(12-14-27)36(37,38)39)15-16-31(25)49-32(22)20-43(3)35(48)42-30-10-6-8-24-7-4-5-9-29(24)30/h4-17,22-23,32,45H,18-21H2,1-3H3,(H,42,48)(H2,40,41,47)/t22-,23-,32+/m0/s1. The van der Waals surface area contributed by atoms with Crippen molar-refractivity contribution in [3.05, 3.63) is 96.1 Å². The van der Waals surface area contributed by atoms with Gasteiger partial charge in [-0.15, -0.1) is 0 Å². The summed E-state index contributed by atoms with van der Waals surface area (Å²) in [4.78, 5) is 42.8. The first-order chi connectivity index (χ1) is 23.3. The molecule has 0 aliphatic carbocycles. The third-order valence-corrected chi connectivity index (χ3v) is 8.48. The van der Waals surface area contributed by atoms with Crippen molar-refractivity contribution in [2.24, 2.45) is 5.92 Å². The molecule has 49 heavy (non-hydrogen) atoms. The number of nitrogens with one attached hydrogen (secondary N) is 3. The number of rotatable bonds is 7. The molecular weight excluding hydrogens is 639 g/mol. The summed E-state index contributed by atoms with van der Waals surface area (Å²) in [6.07, 6.45) is -5.16. The van der Waals surface area contributed by atoms with Gasteiger partial charge in [0.05, 0.1) is 36.9 Å². The quantitative estimate of drug-likeness (QED) is 0.171. The second kappa shape index (κ2) is 14.9. The molecule has 4 aromatic carbocycles. The number of likely N-dealkylation sites (N-methyl/N-ethyl adjacent to an activating group) is 1. The maximum absolute atomic E-state index is 13.6. The Balaban J connectivity index is 1.34. The Morgan fingerprint density at radius 1 is 0.980 bits per heavy atom. The van der Waals surface area contributed by atoms with Gasteiger partial charge in [0, 0.05) is 41.8 Å². The van der Waals surface area contributed by atoms with Crippen molar-refractivity contribution in [3.63, 3.8) is 0 Å². The minimum Gasteiger partial charge on any atom is -0.488 e. The first kappa shape index (κ1) is 35.0. The van der Waals surface area contributed by atoms with E-state index in [1.165, 1.54) is 4.90 Å². The van der Waals surface area contributed by atoms with E-state index < -0.39 is 29.9 Å². The molecule has 0 unspecified atom stereocenters. The van der Waals surface area contributed by atoms with Gasteiger partial charge in [0.25, 0.3) is 0 Å². The summed E-state index contributed by atoms with van der Waals surface area (Å²) in [6.45, 7) is 3.83. The van der Waals surface area contributed by atoms with E-state index in [9.17, 15) is 32.7 Å². The fraction of sp³-hybridized carbons (Fsp3) is 0.306.